The van der Waals surface area contributed by atoms with Crippen molar-refractivity contribution in [3.05, 3.63) is 56.7 Å². The fourth-order valence-corrected chi connectivity index (χ4v) is 4.82. The average molecular weight is 439 g/mol. The van der Waals surface area contributed by atoms with Crippen LogP contribution in [0.5, 0.6) is 0 Å². The summed E-state index contributed by atoms with van der Waals surface area (Å²) in [4.78, 5) is 30.2. The number of halogens is 2. The van der Waals surface area contributed by atoms with E-state index in [4.69, 9.17) is 23.2 Å². The highest BCUT2D eigenvalue weighted by Crippen LogP contribution is 2.38. The van der Waals surface area contributed by atoms with E-state index in [-0.39, 0.29) is 36.2 Å². The molecule has 0 radical (unpaired) electrons. The number of carbonyl (C=O) groups excluding carboxylic acids is 2. The first kappa shape index (κ1) is 21.2. The summed E-state index contributed by atoms with van der Waals surface area (Å²) in [5.41, 5.74) is 2.18. The lowest BCUT2D eigenvalue weighted by atomic mass is 9.93. The Labute approximate surface area is 180 Å². The second-order valence-corrected chi connectivity index (χ2v) is 9.10. The van der Waals surface area contributed by atoms with Crippen LogP contribution in [0.3, 0.4) is 0 Å². The number of thiophene rings is 1. The van der Waals surface area contributed by atoms with Crippen molar-refractivity contribution in [3.63, 3.8) is 0 Å². The highest BCUT2D eigenvalue weighted by atomic mass is 35.5. The molecule has 0 fully saturated rings. The molecule has 7 heteroatoms. The molecule has 150 valence electrons. The van der Waals surface area contributed by atoms with Gasteiger partial charge in [-0.15, -0.1) is 22.9 Å². The number of carbonyl (C=O) groups is 2. The van der Waals surface area contributed by atoms with Crippen LogP contribution >= 0.6 is 34.5 Å². The summed E-state index contributed by atoms with van der Waals surface area (Å²) >= 11 is 13.6. The van der Waals surface area contributed by atoms with Crippen molar-refractivity contribution in [1.82, 2.24) is 9.80 Å². The second kappa shape index (κ2) is 9.29. The van der Waals surface area contributed by atoms with Crippen molar-refractivity contribution in [2.75, 3.05) is 25.5 Å². The molecule has 1 atom stereocenters. The van der Waals surface area contributed by atoms with Gasteiger partial charge in [0.05, 0.1) is 12.6 Å². The van der Waals surface area contributed by atoms with Crippen LogP contribution in [-0.2, 0) is 16.0 Å². The molecule has 3 rings (SSSR count). The third-order valence-electron chi connectivity index (χ3n) is 4.85. The molecule has 0 bridgehead atoms. The quantitative estimate of drug-likeness (QED) is 0.618. The molecule has 0 saturated carbocycles. The van der Waals surface area contributed by atoms with Gasteiger partial charge in [0, 0.05) is 23.0 Å². The number of alkyl halides is 1. The first-order valence-electron chi connectivity index (χ1n) is 9.35. The molecule has 1 aromatic heterocycles. The zero-order valence-corrected chi connectivity index (χ0v) is 18.4. The molecule has 2 aromatic rings. The van der Waals surface area contributed by atoms with Crippen LogP contribution in [0.4, 0.5) is 0 Å². The summed E-state index contributed by atoms with van der Waals surface area (Å²) in [6, 6.07) is 9.57. The third kappa shape index (κ3) is 4.70. The number of rotatable bonds is 6. The summed E-state index contributed by atoms with van der Waals surface area (Å²) in [6.45, 7) is 5.24. The molecular weight excluding hydrogens is 415 g/mol. The Kier molecular flexibility index (Phi) is 7.02. The summed E-state index contributed by atoms with van der Waals surface area (Å²) in [7, 11) is 0. The van der Waals surface area contributed by atoms with Gasteiger partial charge in [0.1, 0.15) is 5.88 Å². The summed E-state index contributed by atoms with van der Waals surface area (Å²) in [5, 5.41) is 2.74. The summed E-state index contributed by atoms with van der Waals surface area (Å²) in [6.07, 6.45) is 0.830. The molecule has 1 aliphatic heterocycles. The zero-order chi connectivity index (χ0) is 20.3. The Hall–Kier alpha value is -1.56. The maximum atomic E-state index is 13.3. The van der Waals surface area contributed by atoms with Gasteiger partial charge in [-0.05, 0) is 47.0 Å². The maximum Gasteiger partial charge on any atom is 0.242 e. The van der Waals surface area contributed by atoms with E-state index in [1.807, 2.05) is 43.0 Å². The van der Waals surface area contributed by atoms with Crippen LogP contribution < -0.4 is 0 Å². The van der Waals surface area contributed by atoms with E-state index in [0.29, 0.717) is 18.1 Å². The van der Waals surface area contributed by atoms with Crippen LogP contribution in [0.15, 0.2) is 35.7 Å². The van der Waals surface area contributed by atoms with Gasteiger partial charge in [-0.1, -0.05) is 37.6 Å². The molecule has 0 aliphatic carbocycles. The van der Waals surface area contributed by atoms with Crippen molar-refractivity contribution in [1.29, 1.82) is 0 Å². The number of hydrogen-bond donors (Lipinski definition) is 0. The lowest BCUT2D eigenvalue weighted by Gasteiger charge is -2.37. The van der Waals surface area contributed by atoms with Crippen LogP contribution in [0.2, 0.25) is 5.02 Å². The van der Waals surface area contributed by atoms with E-state index in [0.717, 1.165) is 17.5 Å². The van der Waals surface area contributed by atoms with Crippen molar-refractivity contribution in [2.45, 2.75) is 26.3 Å². The van der Waals surface area contributed by atoms with Gasteiger partial charge in [-0.3, -0.25) is 9.59 Å². The second-order valence-electron chi connectivity index (χ2n) is 7.39. The Morgan fingerprint density at radius 3 is 2.61 bits per heavy atom. The van der Waals surface area contributed by atoms with Gasteiger partial charge in [0.15, 0.2) is 0 Å². The molecule has 0 spiro atoms. The lowest BCUT2D eigenvalue weighted by molar-refractivity contribution is -0.141. The average Bonchev–Trinajstić information content (AvgIpc) is 3.15. The molecule has 0 N–H and O–H groups in total. The van der Waals surface area contributed by atoms with Gasteiger partial charge >= 0.3 is 0 Å². The van der Waals surface area contributed by atoms with E-state index < -0.39 is 0 Å². The monoisotopic (exact) mass is 438 g/mol. The smallest absolute Gasteiger partial charge is 0.242 e. The molecule has 1 aromatic carbocycles. The fraction of sp³-hybridized carbons (Fsp3) is 0.429. The normalized spacial score (nSPS) is 16.2. The van der Waals surface area contributed by atoms with E-state index >= 15 is 0 Å². The Bertz CT molecular complexity index is 835. The van der Waals surface area contributed by atoms with Gasteiger partial charge in [-0.25, -0.2) is 0 Å². The number of fused-ring (bicyclic) bond motifs is 1. The lowest BCUT2D eigenvalue weighted by Crippen LogP contribution is -2.47. The predicted octanol–water partition coefficient (Wildman–Crippen LogP) is 4.60. The minimum atomic E-state index is -0.208. The molecule has 28 heavy (non-hydrogen) atoms. The van der Waals surface area contributed by atoms with Crippen molar-refractivity contribution in [3.8, 4) is 0 Å². The van der Waals surface area contributed by atoms with Crippen molar-refractivity contribution >= 4 is 46.4 Å². The number of nitrogens with zero attached hydrogens (tertiary/aromatic N) is 2. The molecule has 2 amide bonds. The van der Waals surface area contributed by atoms with Crippen molar-refractivity contribution < 1.29 is 9.59 Å². The van der Waals surface area contributed by atoms with E-state index in [2.05, 4.69) is 11.4 Å². The van der Waals surface area contributed by atoms with E-state index in [1.165, 1.54) is 4.88 Å². The third-order valence-corrected chi connectivity index (χ3v) is 6.33. The molecular formula is C21H24Cl2N2O2S. The Morgan fingerprint density at radius 1 is 1.25 bits per heavy atom. The highest BCUT2D eigenvalue weighted by molar-refractivity contribution is 7.10. The molecule has 0 saturated heterocycles. The largest absolute Gasteiger partial charge is 0.332 e. The first-order chi connectivity index (χ1) is 13.4. The predicted molar refractivity (Wildman–Crippen MR) is 115 cm³/mol. The minimum absolute atomic E-state index is 0.0489. The van der Waals surface area contributed by atoms with Gasteiger partial charge in [0.2, 0.25) is 11.8 Å². The molecule has 4 nitrogen and oxygen atoms in total. The number of hydrogen-bond acceptors (Lipinski definition) is 3. The van der Waals surface area contributed by atoms with E-state index in [9.17, 15) is 9.59 Å². The van der Waals surface area contributed by atoms with Gasteiger partial charge < -0.3 is 9.80 Å². The fourth-order valence-electron chi connectivity index (χ4n) is 3.62. The van der Waals surface area contributed by atoms with Crippen LogP contribution in [0.1, 0.15) is 35.9 Å². The van der Waals surface area contributed by atoms with Crippen LogP contribution in [-0.4, -0.2) is 47.1 Å². The number of amides is 2. The van der Waals surface area contributed by atoms with Crippen LogP contribution in [0.25, 0.3) is 0 Å². The summed E-state index contributed by atoms with van der Waals surface area (Å²) in [5.74, 6) is -0.122. The van der Waals surface area contributed by atoms with E-state index in [1.54, 1.807) is 16.2 Å². The Morgan fingerprint density at radius 2 is 1.96 bits per heavy atom. The molecule has 2 heterocycles. The first-order valence-corrected chi connectivity index (χ1v) is 11.1. The zero-order valence-electron chi connectivity index (χ0n) is 16.0. The highest BCUT2D eigenvalue weighted by Gasteiger charge is 2.33. The topological polar surface area (TPSA) is 40.6 Å². The van der Waals surface area contributed by atoms with Crippen molar-refractivity contribution in [2.24, 2.45) is 5.92 Å². The minimum Gasteiger partial charge on any atom is -0.332 e. The standard InChI is InChI=1S/C21H24Cl2N2O2S/c1-14(2)12-24(19(26)11-22)13-20(27)25-9-7-18-17(8-10-28-18)21(25)15-3-5-16(23)6-4-15/h3-6,8,10,14,21H,7,9,11-13H2,1-2H3. The molecule has 1 unspecified atom stereocenters. The summed E-state index contributed by atoms with van der Waals surface area (Å²) < 4.78 is 0. The maximum absolute atomic E-state index is 13.3. The Balaban J connectivity index is 1.89. The van der Waals surface area contributed by atoms with Gasteiger partial charge in [-0.2, -0.15) is 0 Å². The number of benzene rings is 1. The molecule has 1 aliphatic rings. The van der Waals surface area contributed by atoms with Gasteiger partial charge in [0.25, 0.3) is 0 Å². The SMILES string of the molecule is CC(C)CN(CC(=O)N1CCc2sccc2C1c1ccc(Cl)cc1)C(=O)CCl. The van der Waals surface area contributed by atoms with Crippen LogP contribution in [0, 0.1) is 5.92 Å².